The van der Waals surface area contributed by atoms with E-state index in [1.165, 1.54) is 63.7 Å². The second kappa shape index (κ2) is 8.53. The molecule has 0 aliphatic heterocycles. The summed E-state index contributed by atoms with van der Waals surface area (Å²) in [4.78, 5) is 0. The molecule has 0 unspecified atom stereocenters. The van der Waals surface area contributed by atoms with Gasteiger partial charge in [0.2, 0.25) is 0 Å². The first kappa shape index (κ1) is 19.3. The lowest BCUT2D eigenvalue weighted by Gasteiger charge is -2.11. The van der Waals surface area contributed by atoms with Crippen molar-refractivity contribution in [3.63, 3.8) is 0 Å². The van der Waals surface area contributed by atoms with Gasteiger partial charge in [-0.2, -0.15) is 0 Å². The van der Waals surface area contributed by atoms with Crippen LogP contribution in [0.15, 0.2) is 79.4 Å². The van der Waals surface area contributed by atoms with Crippen LogP contribution in [0.5, 0.6) is 0 Å². The molecule has 4 aromatic rings. The smallest absolute Gasteiger partial charge is 0.0566 e. The van der Waals surface area contributed by atoms with Gasteiger partial charge in [-0.05, 0) is 41.7 Å². The van der Waals surface area contributed by atoms with Gasteiger partial charge in [0.05, 0.1) is 5.52 Å². The number of nitrogens with zero attached hydrogens (tertiary/aromatic N) is 1. The molecule has 1 nitrogen and oxygen atoms in total. The van der Waals surface area contributed by atoms with Crippen molar-refractivity contribution in [3.05, 3.63) is 90.6 Å². The van der Waals surface area contributed by atoms with Crippen LogP contribution in [0.1, 0.15) is 37.4 Å². The second-order valence-electron chi connectivity index (χ2n) is 7.73. The second-order valence-corrected chi connectivity index (χ2v) is 7.73. The van der Waals surface area contributed by atoms with Gasteiger partial charge in [-0.1, -0.05) is 93.1 Å². The lowest BCUT2D eigenvalue weighted by molar-refractivity contribution is 0.689. The summed E-state index contributed by atoms with van der Waals surface area (Å²) in [6.07, 6.45) is 6.86. The molecule has 4 rings (SSSR count). The lowest BCUT2D eigenvalue weighted by Crippen LogP contribution is -1.99. The molecule has 0 bridgehead atoms. The molecule has 0 fully saturated rings. The Balaban J connectivity index is 2.01. The Labute approximate surface area is 174 Å². The molecule has 1 heterocycles. The average Bonchev–Trinajstić information content (AvgIpc) is 3.05. The molecule has 0 saturated carbocycles. The van der Waals surface area contributed by atoms with Gasteiger partial charge in [-0.15, -0.1) is 0 Å². The van der Waals surface area contributed by atoms with Gasteiger partial charge in [-0.3, -0.25) is 0 Å². The molecule has 146 valence electrons. The Morgan fingerprint density at radius 2 is 1.48 bits per heavy atom. The summed E-state index contributed by atoms with van der Waals surface area (Å²) in [6.45, 7) is 6.43. The molecule has 0 spiro atoms. The highest BCUT2D eigenvalue weighted by atomic mass is 15.0. The molecular formula is C28H29N. The first-order valence-corrected chi connectivity index (χ1v) is 10.6. The highest BCUT2D eigenvalue weighted by Gasteiger charge is 2.18. The van der Waals surface area contributed by atoms with E-state index in [0.29, 0.717) is 0 Å². The minimum Gasteiger partial charge on any atom is -0.347 e. The SMILES string of the molecule is C=Cc1c(CCCCC)n(C)c2c(-c3ccccc3)cc(-c3ccccc3)cc12. The summed E-state index contributed by atoms with van der Waals surface area (Å²) in [6, 6.07) is 26.1. The maximum atomic E-state index is 4.17. The van der Waals surface area contributed by atoms with Gasteiger partial charge in [0, 0.05) is 29.3 Å². The Morgan fingerprint density at radius 3 is 2.10 bits per heavy atom. The van der Waals surface area contributed by atoms with Crippen LogP contribution in [0.2, 0.25) is 0 Å². The van der Waals surface area contributed by atoms with Crippen molar-refractivity contribution in [2.45, 2.75) is 32.6 Å². The van der Waals surface area contributed by atoms with E-state index in [1.807, 2.05) is 6.08 Å². The van der Waals surface area contributed by atoms with E-state index >= 15 is 0 Å². The fourth-order valence-corrected chi connectivity index (χ4v) is 4.38. The minimum absolute atomic E-state index is 1.09. The summed E-state index contributed by atoms with van der Waals surface area (Å²) in [5, 5.41) is 1.30. The van der Waals surface area contributed by atoms with E-state index in [9.17, 15) is 0 Å². The highest BCUT2D eigenvalue weighted by Crippen LogP contribution is 2.38. The van der Waals surface area contributed by atoms with Crippen LogP contribution in [0.25, 0.3) is 39.2 Å². The fraction of sp³-hybridized carbons (Fsp3) is 0.214. The van der Waals surface area contributed by atoms with Crippen LogP contribution in [-0.4, -0.2) is 4.57 Å². The average molecular weight is 380 g/mol. The fourth-order valence-electron chi connectivity index (χ4n) is 4.38. The number of benzene rings is 3. The largest absolute Gasteiger partial charge is 0.347 e. The zero-order chi connectivity index (χ0) is 20.2. The van der Waals surface area contributed by atoms with Crippen LogP contribution in [0.4, 0.5) is 0 Å². The predicted octanol–water partition coefficient (Wildman–Crippen LogP) is 7.89. The Hall–Kier alpha value is -3.06. The van der Waals surface area contributed by atoms with Gasteiger partial charge in [0.25, 0.3) is 0 Å². The van der Waals surface area contributed by atoms with Crippen LogP contribution in [0, 0.1) is 0 Å². The van der Waals surface area contributed by atoms with Crippen molar-refractivity contribution in [1.82, 2.24) is 4.57 Å². The Kier molecular flexibility index (Phi) is 5.67. The van der Waals surface area contributed by atoms with E-state index in [0.717, 1.165) is 6.42 Å². The van der Waals surface area contributed by atoms with E-state index in [1.54, 1.807) is 0 Å². The standard InChI is InChI=1S/C28H29N/c1-4-6-9-18-27-24(5-2)26-20-23(21-14-10-7-11-15-21)19-25(28(26)29(27)3)22-16-12-8-13-17-22/h5,7-8,10-17,19-20H,2,4,6,9,18H2,1,3H3. The monoisotopic (exact) mass is 379 g/mol. The normalized spacial score (nSPS) is 11.1. The number of aromatic nitrogens is 1. The summed E-state index contributed by atoms with van der Waals surface area (Å²) in [5.74, 6) is 0. The van der Waals surface area contributed by atoms with Crippen LogP contribution in [-0.2, 0) is 13.5 Å². The van der Waals surface area contributed by atoms with E-state index in [2.05, 4.69) is 97.9 Å². The molecule has 0 aliphatic rings. The van der Waals surface area contributed by atoms with Crippen molar-refractivity contribution in [3.8, 4) is 22.3 Å². The molecule has 0 amide bonds. The van der Waals surface area contributed by atoms with E-state index in [-0.39, 0.29) is 0 Å². The molecule has 1 aromatic heterocycles. The van der Waals surface area contributed by atoms with Gasteiger partial charge in [-0.25, -0.2) is 0 Å². The first-order chi connectivity index (χ1) is 14.2. The molecule has 0 atom stereocenters. The quantitative estimate of drug-likeness (QED) is 0.288. The molecule has 0 N–H and O–H groups in total. The van der Waals surface area contributed by atoms with Crippen LogP contribution < -0.4 is 0 Å². The highest BCUT2D eigenvalue weighted by molar-refractivity contribution is 6.03. The van der Waals surface area contributed by atoms with Crippen molar-refractivity contribution in [1.29, 1.82) is 0 Å². The number of rotatable bonds is 7. The number of unbranched alkanes of at least 4 members (excludes halogenated alkanes) is 2. The van der Waals surface area contributed by atoms with E-state index < -0.39 is 0 Å². The molecule has 3 aromatic carbocycles. The number of fused-ring (bicyclic) bond motifs is 1. The summed E-state index contributed by atoms with van der Waals surface area (Å²) >= 11 is 0. The summed E-state index contributed by atoms with van der Waals surface area (Å²) in [7, 11) is 2.21. The maximum absolute atomic E-state index is 4.17. The molecule has 0 radical (unpaired) electrons. The minimum atomic E-state index is 1.09. The topological polar surface area (TPSA) is 4.93 Å². The van der Waals surface area contributed by atoms with Gasteiger partial charge in [0.1, 0.15) is 0 Å². The van der Waals surface area contributed by atoms with Crippen molar-refractivity contribution >= 4 is 17.0 Å². The Bertz CT molecular complexity index is 1120. The van der Waals surface area contributed by atoms with Gasteiger partial charge < -0.3 is 4.57 Å². The number of aryl methyl sites for hydroxylation is 1. The third-order valence-electron chi connectivity index (χ3n) is 5.86. The molecule has 0 aliphatic carbocycles. The predicted molar refractivity (Wildman–Crippen MR) is 127 cm³/mol. The zero-order valence-electron chi connectivity index (χ0n) is 17.5. The third kappa shape index (κ3) is 3.65. The third-order valence-corrected chi connectivity index (χ3v) is 5.86. The molecule has 0 saturated heterocycles. The van der Waals surface area contributed by atoms with Crippen molar-refractivity contribution in [2.75, 3.05) is 0 Å². The van der Waals surface area contributed by atoms with Crippen LogP contribution >= 0.6 is 0 Å². The summed E-state index contributed by atoms with van der Waals surface area (Å²) in [5.41, 5.74) is 9.03. The number of hydrogen-bond donors (Lipinski definition) is 0. The molecular weight excluding hydrogens is 350 g/mol. The lowest BCUT2D eigenvalue weighted by atomic mass is 9.95. The van der Waals surface area contributed by atoms with Crippen LogP contribution in [0.3, 0.4) is 0 Å². The maximum Gasteiger partial charge on any atom is 0.0566 e. The number of hydrogen-bond acceptors (Lipinski definition) is 0. The van der Waals surface area contributed by atoms with E-state index in [4.69, 9.17) is 0 Å². The summed E-state index contributed by atoms with van der Waals surface area (Å²) < 4.78 is 2.40. The Morgan fingerprint density at radius 1 is 0.828 bits per heavy atom. The van der Waals surface area contributed by atoms with Gasteiger partial charge in [0.15, 0.2) is 0 Å². The van der Waals surface area contributed by atoms with Crippen molar-refractivity contribution in [2.24, 2.45) is 7.05 Å². The molecule has 29 heavy (non-hydrogen) atoms. The van der Waals surface area contributed by atoms with Gasteiger partial charge >= 0.3 is 0 Å². The van der Waals surface area contributed by atoms with Crippen molar-refractivity contribution < 1.29 is 0 Å². The first-order valence-electron chi connectivity index (χ1n) is 10.6. The zero-order valence-corrected chi connectivity index (χ0v) is 17.5. The molecule has 1 heteroatoms.